The predicted molar refractivity (Wildman–Crippen MR) is 145 cm³/mol. The molecule has 15 nitrogen and oxygen atoms in total. The van der Waals surface area contributed by atoms with E-state index in [1.54, 1.807) is 0 Å². The summed E-state index contributed by atoms with van der Waals surface area (Å²) in [6.45, 7) is 4.15. The first-order valence-electron chi connectivity index (χ1n) is 13.3. The van der Waals surface area contributed by atoms with Crippen molar-refractivity contribution in [3.05, 3.63) is 0 Å². The predicted octanol–water partition coefficient (Wildman–Crippen LogP) is -2.69. The first kappa shape index (κ1) is 33.6. The van der Waals surface area contributed by atoms with Crippen molar-refractivity contribution in [2.24, 2.45) is 33.8 Å². The minimum Gasteiger partial charge on any atom is -0.480 e. The highest BCUT2D eigenvalue weighted by atomic mass is 16.4. The number of aliphatic imine (C=N–C) groups is 1. The quantitative estimate of drug-likeness (QED) is 0.0523. The lowest BCUT2D eigenvalue weighted by molar-refractivity contribution is -0.142. The van der Waals surface area contributed by atoms with Crippen LogP contribution in [0.2, 0.25) is 0 Å². The summed E-state index contributed by atoms with van der Waals surface area (Å²) in [6, 6.07) is -3.68. The number of carbonyl (C=O) groups excluding carboxylic acids is 4. The monoisotopic (exact) mass is 555 g/mol. The van der Waals surface area contributed by atoms with E-state index in [0.717, 1.165) is 0 Å². The molecule has 0 aromatic heterocycles. The van der Waals surface area contributed by atoms with E-state index in [1.165, 1.54) is 4.90 Å². The molecular formula is C24H45N9O6. The first-order valence-corrected chi connectivity index (χ1v) is 13.3. The zero-order valence-corrected chi connectivity index (χ0v) is 22.9. The molecule has 1 fully saturated rings. The lowest BCUT2D eigenvalue weighted by Crippen LogP contribution is -2.56. The largest absolute Gasteiger partial charge is 0.480 e. The number of hydrogen-bond donors (Lipinski definition) is 8. The molecule has 39 heavy (non-hydrogen) atoms. The van der Waals surface area contributed by atoms with Crippen molar-refractivity contribution < 1.29 is 29.1 Å². The highest BCUT2D eigenvalue weighted by molar-refractivity contribution is 5.94. The second-order valence-corrected chi connectivity index (χ2v) is 9.93. The molecule has 4 amide bonds. The summed E-state index contributed by atoms with van der Waals surface area (Å²) in [4.78, 5) is 68.0. The third-order valence-corrected chi connectivity index (χ3v) is 6.42. The number of amides is 4. The van der Waals surface area contributed by atoms with Crippen LogP contribution in [0.4, 0.5) is 0 Å². The van der Waals surface area contributed by atoms with Gasteiger partial charge in [-0.05, 0) is 57.4 Å². The van der Waals surface area contributed by atoms with Crippen LogP contribution in [0.15, 0.2) is 4.99 Å². The average Bonchev–Trinajstić information content (AvgIpc) is 3.37. The molecule has 0 saturated carbocycles. The molecular weight excluding hydrogens is 510 g/mol. The summed E-state index contributed by atoms with van der Waals surface area (Å²) in [7, 11) is 0. The van der Waals surface area contributed by atoms with Gasteiger partial charge in [-0.1, -0.05) is 13.8 Å². The summed E-state index contributed by atoms with van der Waals surface area (Å²) in [5.41, 5.74) is 22.1. The van der Waals surface area contributed by atoms with Crippen molar-refractivity contribution in [1.29, 1.82) is 0 Å². The molecule has 0 aromatic rings. The van der Waals surface area contributed by atoms with Crippen LogP contribution in [0.1, 0.15) is 58.8 Å². The number of nitrogens with zero attached hydrogens (tertiary/aromatic N) is 2. The number of rotatable bonds is 17. The van der Waals surface area contributed by atoms with Gasteiger partial charge in [0.15, 0.2) is 5.96 Å². The minimum absolute atomic E-state index is 0.108. The van der Waals surface area contributed by atoms with Crippen LogP contribution in [0.5, 0.6) is 0 Å². The van der Waals surface area contributed by atoms with E-state index in [0.29, 0.717) is 45.2 Å². The average molecular weight is 556 g/mol. The maximum atomic E-state index is 13.1. The number of carbonyl (C=O) groups is 5. The maximum Gasteiger partial charge on any atom is 0.326 e. The van der Waals surface area contributed by atoms with Gasteiger partial charge in [-0.25, -0.2) is 4.79 Å². The summed E-state index contributed by atoms with van der Waals surface area (Å²) < 4.78 is 0. The first-order chi connectivity index (χ1) is 18.4. The number of carboxylic acids is 1. The van der Waals surface area contributed by atoms with Crippen molar-refractivity contribution in [3.8, 4) is 0 Å². The summed E-state index contributed by atoms with van der Waals surface area (Å²) >= 11 is 0. The van der Waals surface area contributed by atoms with E-state index in [9.17, 15) is 29.1 Å². The number of unbranched alkanes of at least 4 members (excludes halogenated alkanes) is 1. The molecule has 0 radical (unpaired) electrons. The van der Waals surface area contributed by atoms with Crippen LogP contribution in [0.3, 0.4) is 0 Å². The van der Waals surface area contributed by atoms with Crippen molar-refractivity contribution in [3.63, 3.8) is 0 Å². The lowest BCUT2D eigenvalue weighted by atomic mass is 10.0. The second-order valence-electron chi connectivity index (χ2n) is 9.93. The minimum atomic E-state index is -1.19. The fourth-order valence-electron chi connectivity index (χ4n) is 4.11. The van der Waals surface area contributed by atoms with E-state index >= 15 is 0 Å². The third-order valence-electron chi connectivity index (χ3n) is 6.42. The van der Waals surface area contributed by atoms with E-state index in [1.807, 2.05) is 13.8 Å². The van der Waals surface area contributed by atoms with E-state index < -0.39 is 54.4 Å². The number of likely N-dealkylation sites (tertiary alicyclic amines) is 1. The van der Waals surface area contributed by atoms with E-state index in [4.69, 9.17) is 22.9 Å². The smallest absolute Gasteiger partial charge is 0.326 e. The number of aliphatic carboxylic acids is 1. The molecule has 0 aromatic carbocycles. The van der Waals surface area contributed by atoms with Crippen LogP contribution in [0.25, 0.3) is 0 Å². The molecule has 1 rings (SSSR count). The molecule has 1 saturated heterocycles. The molecule has 222 valence electrons. The maximum absolute atomic E-state index is 13.1. The molecule has 1 heterocycles. The molecule has 12 N–H and O–H groups in total. The normalized spacial score (nSPS) is 17.2. The Labute approximate surface area is 228 Å². The van der Waals surface area contributed by atoms with Crippen molar-refractivity contribution in [2.45, 2.75) is 83.0 Å². The number of carboxylic acid groups (broad SMARTS) is 1. The van der Waals surface area contributed by atoms with Gasteiger partial charge >= 0.3 is 5.97 Å². The molecule has 0 bridgehead atoms. The number of nitrogens with one attached hydrogen (secondary N) is 3. The van der Waals surface area contributed by atoms with Gasteiger partial charge in [0.25, 0.3) is 0 Å². The van der Waals surface area contributed by atoms with Gasteiger partial charge in [0.2, 0.25) is 23.6 Å². The highest BCUT2D eigenvalue weighted by Crippen LogP contribution is 2.20. The van der Waals surface area contributed by atoms with Crippen LogP contribution in [-0.2, 0) is 24.0 Å². The van der Waals surface area contributed by atoms with Gasteiger partial charge in [0.1, 0.15) is 18.1 Å². The van der Waals surface area contributed by atoms with Gasteiger partial charge in [-0.3, -0.25) is 24.2 Å². The Hall–Kier alpha value is -3.46. The number of guanidine groups is 1. The Morgan fingerprint density at radius 2 is 1.69 bits per heavy atom. The van der Waals surface area contributed by atoms with Crippen molar-refractivity contribution in [1.82, 2.24) is 20.9 Å². The fourth-order valence-corrected chi connectivity index (χ4v) is 4.11. The molecule has 0 spiro atoms. The Balaban J connectivity index is 2.84. The topological polar surface area (TPSA) is 261 Å². The van der Waals surface area contributed by atoms with Gasteiger partial charge in [0.05, 0.1) is 12.6 Å². The molecule has 0 aliphatic carbocycles. The Kier molecular flexibility index (Phi) is 14.8. The van der Waals surface area contributed by atoms with Gasteiger partial charge in [-0.2, -0.15) is 0 Å². The molecule has 1 aliphatic heterocycles. The van der Waals surface area contributed by atoms with Crippen LogP contribution < -0.4 is 38.9 Å². The SMILES string of the molecule is CC(C)[C@H](N)C(=O)N1CCC[C@H]1C(=O)N[C@@H](CCCN=C(N)N)C(=O)NCC(=O)N[C@@H](CCCCN)C(=O)O. The van der Waals surface area contributed by atoms with Gasteiger partial charge < -0.3 is 48.9 Å². The van der Waals surface area contributed by atoms with Gasteiger partial charge in [-0.15, -0.1) is 0 Å². The van der Waals surface area contributed by atoms with Crippen LogP contribution in [-0.4, -0.2) is 95.9 Å². The van der Waals surface area contributed by atoms with Crippen LogP contribution in [0, 0.1) is 5.92 Å². The Bertz CT molecular complexity index is 878. The molecule has 1 aliphatic rings. The Morgan fingerprint density at radius 1 is 1.03 bits per heavy atom. The van der Waals surface area contributed by atoms with Crippen molar-refractivity contribution in [2.75, 3.05) is 26.2 Å². The van der Waals surface area contributed by atoms with Crippen LogP contribution >= 0.6 is 0 Å². The summed E-state index contributed by atoms with van der Waals surface area (Å²) in [5, 5.41) is 16.8. The number of nitrogens with two attached hydrogens (primary N) is 4. The number of hydrogen-bond acceptors (Lipinski definition) is 8. The summed E-state index contributed by atoms with van der Waals surface area (Å²) in [6.07, 6.45) is 2.87. The molecule has 4 atom stereocenters. The van der Waals surface area contributed by atoms with Crippen molar-refractivity contribution >= 4 is 35.6 Å². The van der Waals surface area contributed by atoms with E-state index in [-0.39, 0.29) is 37.2 Å². The highest BCUT2D eigenvalue weighted by Gasteiger charge is 2.38. The van der Waals surface area contributed by atoms with E-state index in [2.05, 4.69) is 20.9 Å². The van der Waals surface area contributed by atoms with Gasteiger partial charge in [0, 0.05) is 13.1 Å². The summed E-state index contributed by atoms with van der Waals surface area (Å²) in [5.74, 6) is -3.58. The third kappa shape index (κ3) is 11.9. The fraction of sp³-hybridized carbons (Fsp3) is 0.750. The standard InChI is InChI=1S/C24H45N9O6/c1-14(2)19(26)22(37)33-12-6-9-17(33)21(36)32-15(8-5-11-29-24(27)28)20(35)30-13-18(34)31-16(23(38)39)7-3-4-10-25/h14-17,19H,3-13,25-26H2,1-2H3,(H,30,35)(H,31,34)(H,32,36)(H,38,39)(H4,27,28,29)/t15-,16-,17-,19-/m0/s1. The lowest BCUT2D eigenvalue weighted by Gasteiger charge is -2.29. The molecule has 0 unspecified atom stereocenters. The zero-order chi connectivity index (χ0) is 29.5. The zero-order valence-electron chi connectivity index (χ0n) is 22.9. The Morgan fingerprint density at radius 3 is 2.28 bits per heavy atom. The molecule has 15 heteroatoms. The second kappa shape index (κ2) is 17.2.